The third kappa shape index (κ3) is 3.52. The molecule has 1 aromatic heterocycles. The van der Waals surface area contributed by atoms with Gasteiger partial charge in [-0.1, -0.05) is 30.3 Å². The summed E-state index contributed by atoms with van der Waals surface area (Å²) in [6, 6.07) is 8.24. The number of amides is 1. The number of carbonyl (C=O) groups excluding carboxylic acids is 1. The van der Waals surface area contributed by atoms with E-state index in [0.717, 1.165) is 29.5 Å². The van der Waals surface area contributed by atoms with Crippen molar-refractivity contribution in [3.63, 3.8) is 0 Å². The summed E-state index contributed by atoms with van der Waals surface area (Å²) in [5.74, 6) is -0.0617. The van der Waals surface area contributed by atoms with Crippen molar-refractivity contribution in [2.75, 3.05) is 18.4 Å². The van der Waals surface area contributed by atoms with E-state index < -0.39 is 18.3 Å². The Hall–Kier alpha value is -2.51. The first-order valence-electron chi connectivity index (χ1n) is 9.20. The Labute approximate surface area is 155 Å². The van der Waals surface area contributed by atoms with E-state index in [1.807, 2.05) is 6.07 Å². The van der Waals surface area contributed by atoms with Crippen LogP contribution in [-0.2, 0) is 0 Å². The molecular formula is C19H21F3N4O. The summed E-state index contributed by atoms with van der Waals surface area (Å²) in [6.07, 6.45) is -1.71. The lowest BCUT2D eigenvalue weighted by atomic mass is 9.97. The maximum absolute atomic E-state index is 13.7. The fourth-order valence-corrected chi connectivity index (χ4v) is 3.84. The number of anilines is 1. The second-order valence-corrected chi connectivity index (χ2v) is 7.11. The van der Waals surface area contributed by atoms with Crippen molar-refractivity contribution >= 4 is 11.7 Å². The minimum absolute atomic E-state index is 0.0716. The topological polar surface area (TPSA) is 50.2 Å². The highest BCUT2D eigenvalue weighted by atomic mass is 19.4. The average molecular weight is 378 g/mol. The number of rotatable bonds is 2. The molecule has 4 rings (SSSR count). The summed E-state index contributed by atoms with van der Waals surface area (Å²) in [4.78, 5) is 14.3. The molecule has 27 heavy (non-hydrogen) atoms. The number of benzene rings is 1. The van der Waals surface area contributed by atoms with Gasteiger partial charge in [-0.15, -0.1) is 0 Å². The van der Waals surface area contributed by atoms with Gasteiger partial charge in [-0.25, -0.2) is 4.68 Å². The van der Waals surface area contributed by atoms with Crippen LogP contribution in [0.3, 0.4) is 0 Å². The van der Waals surface area contributed by atoms with Crippen LogP contribution in [0.4, 0.5) is 19.0 Å². The molecule has 0 saturated carbocycles. The van der Waals surface area contributed by atoms with Crippen molar-refractivity contribution < 1.29 is 18.0 Å². The second-order valence-electron chi connectivity index (χ2n) is 7.11. The van der Waals surface area contributed by atoms with Crippen molar-refractivity contribution in [3.05, 3.63) is 47.7 Å². The first-order chi connectivity index (χ1) is 12.9. The molecule has 0 unspecified atom stereocenters. The summed E-state index contributed by atoms with van der Waals surface area (Å²) in [7, 11) is 0. The number of halogens is 3. The number of nitrogens with zero attached hydrogens (tertiary/aromatic N) is 3. The highest BCUT2D eigenvalue weighted by Crippen LogP contribution is 2.43. The molecule has 0 radical (unpaired) electrons. The van der Waals surface area contributed by atoms with Crippen LogP contribution in [-0.4, -0.2) is 39.9 Å². The largest absolute Gasteiger partial charge is 0.410 e. The first kappa shape index (κ1) is 17.9. The van der Waals surface area contributed by atoms with Crippen molar-refractivity contribution in [3.8, 4) is 0 Å². The predicted molar refractivity (Wildman–Crippen MR) is 94.5 cm³/mol. The van der Waals surface area contributed by atoms with Gasteiger partial charge in [0, 0.05) is 25.6 Å². The quantitative estimate of drug-likeness (QED) is 0.853. The fraction of sp³-hybridized carbons (Fsp3) is 0.474. The monoisotopic (exact) mass is 378 g/mol. The van der Waals surface area contributed by atoms with Crippen molar-refractivity contribution in [2.24, 2.45) is 0 Å². The van der Waals surface area contributed by atoms with Gasteiger partial charge in [0.25, 0.3) is 5.91 Å². The molecule has 1 saturated heterocycles. The maximum Gasteiger partial charge on any atom is 0.410 e. The van der Waals surface area contributed by atoms with E-state index in [9.17, 15) is 18.0 Å². The van der Waals surface area contributed by atoms with Gasteiger partial charge in [-0.3, -0.25) is 4.79 Å². The smallest absolute Gasteiger partial charge is 0.363 e. The molecular weight excluding hydrogens is 357 g/mol. The van der Waals surface area contributed by atoms with Crippen LogP contribution in [0.5, 0.6) is 0 Å². The Bertz CT molecular complexity index is 812. The summed E-state index contributed by atoms with van der Waals surface area (Å²) in [6.45, 7) is 1.26. The number of aromatic nitrogens is 2. The number of nitrogens with one attached hydrogen (secondary N) is 1. The van der Waals surface area contributed by atoms with Crippen LogP contribution >= 0.6 is 0 Å². The Balaban J connectivity index is 1.66. The third-order valence-electron chi connectivity index (χ3n) is 5.25. The lowest BCUT2D eigenvalue weighted by Gasteiger charge is -2.33. The number of carbonyl (C=O) groups is 1. The van der Waals surface area contributed by atoms with E-state index in [4.69, 9.17) is 0 Å². The Kier molecular flexibility index (Phi) is 4.57. The molecule has 1 aromatic carbocycles. The molecule has 0 spiro atoms. The molecule has 3 heterocycles. The molecule has 5 nitrogen and oxygen atoms in total. The van der Waals surface area contributed by atoms with E-state index in [0.29, 0.717) is 13.1 Å². The van der Waals surface area contributed by atoms with Gasteiger partial charge in [0.2, 0.25) is 0 Å². The fourth-order valence-electron chi connectivity index (χ4n) is 3.84. The minimum atomic E-state index is -4.44. The lowest BCUT2D eigenvalue weighted by molar-refractivity contribution is -0.173. The molecule has 8 heteroatoms. The molecule has 144 valence electrons. The summed E-state index contributed by atoms with van der Waals surface area (Å²) < 4.78 is 42.0. The highest BCUT2D eigenvalue weighted by molar-refractivity contribution is 5.93. The molecule has 1 fully saturated rings. The molecule has 1 N–H and O–H groups in total. The summed E-state index contributed by atoms with van der Waals surface area (Å²) in [5.41, 5.74) is 0.852. The van der Waals surface area contributed by atoms with Gasteiger partial charge >= 0.3 is 6.18 Å². The lowest BCUT2D eigenvalue weighted by Crippen LogP contribution is -2.37. The van der Waals surface area contributed by atoms with E-state index >= 15 is 0 Å². The number of alkyl halides is 3. The van der Waals surface area contributed by atoms with Gasteiger partial charge in [-0.2, -0.15) is 18.3 Å². The summed E-state index contributed by atoms with van der Waals surface area (Å²) in [5, 5.41) is 7.17. The Morgan fingerprint density at radius 1 is 1.11 bits per heavy atom. The van der Waals surface area contributed by atoms with Gasteiger partial charge in [-0.05, 0) is 24.8 Å². The molecule has 1 amide bonds. The van der Waals surface area contributed by atoms with E-state index in [2.05, 4.69) is 10.4 Å². The minimum Gasteiger partial charge on any atom is -0.363 e. The standard InChI is InChI=1S/C19H21F3N4O/c20-19(21,22)16-11-14(13-7-3-1-4-8-13)23-17-12-15(24-26(16)17)18(27)25-9-5-2-6-10-25/h1,3-4,7-8,12,14,16,23H,2,5-6,9-11H2/t14-,16+/m0/s1. The SMILES string of the molecule is O=C(c1cc2n(n1)[C@@H](C(F)(F)F)C[C@@H](c1ccccc1)N2)N1CCCCC1. The number of hydrogen-bond acceptors (Lipinski definition) is 3. The molecule has 2 aromatic rings. The van der Waals surface area contributed by atoms with Crippen LogP contribution < -0.4 is 5.32 Å². The molecule has 0 bridgehead atoms. The van der Waals surface area contributed by atoms with Crippen molar-refractivity contribution in [1.29, 1.82) is 0 Å². The highest BCUT2D eigenvalue weighted by Gasteiger charge is 2.47. The van der Waals surface area contributed by atoms with Crippen LogP contribution in [0.2, 0.25) is 0 Å². The van der Waals surface area contributed by atoms with Gasteiger partial charge in [0.15, 0.2) is 11.7 Å². The van der Waals surface area contributed by atoms with E-state index in [-0.39, 0.29) is 23.8 Å². The Morgan fingerprint density at radius 2 is 1.81 bits per heavy atom. The number of fused-ring (bicyclic) bond motifs is 1. The number of piperidine rings is 1. The van der Waals surface area contributed by atoms with Gasteiger partial charge in [0.1, 0.15) is 5.82 Å². The predicted octanol–water partition coefficient (Wildman–Crippen LogP) is 4.17. The van der Waals surface area contributed by atoms with E-state index in [1.165, 1.54) is 6.07 Å². The van der Waals surface area contributed by atoms with Gasteiger partial charge in [0.05, 0.1) is 6.04 Å². The number of likely N-dealkylation sites (tertiary alicyclic amines) is 1. The molecule has 2 atom stereocenters. The third-order valence-corrected chi connectivity index (χ3v) is 5.25. The van der Waals surface area contributed by atoms with E-state index in [1.54, 1.807) is 29.2 Å². The first-order valence-corrected chi connectivity index (χ1v) is 9.20. The normalized spacial score (nSPS) is 22.9. The summed E-state index contributed by atoms with van der Waals surface area (Å²) >= 11 is 0. The van der Waals surface area contributed by atoms with Crippen LogP contribution in [0.1, 0.15) is 53.8 Å². The average Bonchev–Trinajstić information content (AvgIpc) is 3.11. The zero-order chi connectivity index (χ0) is 19.0. The van der Waals surface area contributed by atoms with Gasteiger partial charge < -0.3 is 10.2 Å². The Morgan fingerprint density at radius 3 is 2.48 bits per heavy atom. The zero-order valence-electron chi connectivity index (χ0n) is 14.7. The molecule has 2 aliphatic heterocycles. The maximum atomic E-state index is 13.7. The van der Waals surface area contributed by atoms with Crippen molar-refractivity contribution in [2.45, 2.75) is 43.9 Å². The van der Waals surface area contributed by atoms with Crippen LogP contribution in [0.25, 0.3) is 0 Å². The van der Waals surface area contributed by atoms with Crippen LogP contribution in [0.15, 0.2) is 36.4 Å². The zero-order valence-corrected chi connectivity index (χ0v) is 14.7. The molecule has 2 aliphatic rings. The molecule has 0 aliphatic carbocycles. The second kappa shape index (κ2) is 6.90. The van der Waals surface area contributed by atoms with Crippen molar-refractivity contribution in [1.82, 2.24) is 14.7 Å². The van der Waals surface area contributed by atoms with Crippen LogP contribution in [0, 0.1) is 0 Å². The number of hydrogen-bond donors (Lipinski definition) is 1.